The zero-order valence-electron chi connectivity index (χ0n) is 22.4. The summed E-state index contributed by atoms with van der Waals surface area (Å²) in [6, 6.07) is 19.2. The summed E-state index contributed by atoms with van der Waals surface area (Å²) in [6.07, 6.45) is 0. The third-order valence-electron chi connectivity index (χ3n) is 4.67. The number of aromatic nitrogens is 2. The molecule has 4 rings (SSSR count). The molecule has 2 aromatic heterocycles. The molecule has 0 saturated carbocycles. The molecule has 0 amide bonds. The molecule has 11 heteroatoms. The number of ether oxygens (including phenoxy) is 2. The van der Waals surface area contributed by atoms with Crippen LogP contribution in [0, 0.1) is 23.7 Å². The fraction of sp³-hybridized carbons (Fsp3) is 0.172. The minimum Gasteiger partial charge on any atom is -0.870 e. The predicted molar refractivity (Wildman–Crippen MR) is 152 cm³/mol. The van der Waals surface area contributed by atoms with Gasteiger partial charge in [0, 0.05) is 32.3 Å². The number of carboxylic acid groups (broad SMARTS) is 1. The SMILES string of the molecule is COCC#Cc1sc(-c2ccccc2)nc1C(=O)O.COCC#Cc1sc(-c2ccccc2)nc1C(C)=O.[Li+].[OH-]. The summed E-state index contributed by atoms with van der Waals surface area (Å²) >= 11 is 2.70. The molecule has 0 aliphatic carbocycles. The van der Waals surface area contributed by atoms with Crippen LogP contribution >= 0.6 is 22.7 Å². The number of hydrogen-bond donors (Lipinski definition) is 1. The molecular formula is C29H25LiN2O6S2. The van der Waals surface area contributed by atoms with Crippen molar-refractivity contribution in [1.82, 2.24) is 9.97 Å². The van der Waals surface area contributed by atoms with Gasteiger partial charge in [-0.05, 0) is 0 Å². The number of rotatable bonds is 6. The average Bonchev–Trinajstić information content (AvgIpc) is 3.56. The number of methoxy groups -OCH3 is 2. The molecule has 0 aliphatic heterocycles. The Balaban J connectivity index is 0.000000381. The van der Waals surface area contributed by atoms with E-state index in [0.717, 1.165) is 16.1 Å². The zero-order chi connectivity index (χ0) is 27.3. The maximum absolute atomic E-state index is 11.6. The third kappa shape index (κ3) is 9.88. The van der Waals surface area contributed by atoms with Crippen LogP contribution in [0.15, 0.2) is 60.7 Å². The summed E-state index contributed by atoms with van der Waals surface area (Å²) in [5, 5.41) is 10.6. The Hall–Kier alpha value is -3.56. The van der Waals surface area contributed by atoms with E-state index in [1.54, 1.807) is 7.11 Å². The fourth-order valence-electron chi connectivity index (χ4n) is 2.98. The molecule has 200 valence electrons. The van der Waals surface area contributed by atoms with Gasteiger partial charge in [-0.25, -0.2) is 14.8 Å². The van der Waals surface area contributed by atoms with Gasteiger partial charge in [0.1, 0.15) is 38.7 Å². The molecule has 0 atom stereocenters. The molecule has 2 aromatic carbocycles. The van der Waals surface area contributed by atoms with E-state index in [9.17, 15) is 9.59 Å². The molecule has 40 heavy (non-hydrogen) atoms. The van der Waals surface area contributed by atoms with Crippen LogP contribution in [0.2, 0.25) is 0 Å². The van der Waals surface area contributed by atoms with Gasteiger partial charge in [0.25, 0.3) is 0 Å². The van der Waals surface area contributed by atoms with Crippen LogP contribution in [0.3, 0.4) is 0 Å². The van der Waals surface area contributed by atoms with Crippen LogP contribution in [0.5, 0.6) is 0 Å². The second kappa shape index (κ2) is 17.9. The van der Waals surface area contributed by atoms with Crippen molar-refractivity contribution in [3.05, 3.63) is 81.8 Å². The van der Waals surface area contributed by atoms with Gasteiger partial charge in [0.15, 0.2) is 11.5 Å². The normalized spacial score (nSPS) is 9.28. The molecule has 0 unspecified atom stereocenters. The molecule has 0 bridgehead atoms. The molecule has 0 saturated heterocycles. The number of nitrogens with zero attached hydrogens (tertiary/aromatic N) is 2. The quantitative estimate of drug-likeness (QED) is 0.213. The summed E-state index contributed by atoms with van der Waals surface area (Å²) in [5.41, 5.74) is 2.31. The summed E-state index contributed by atoms with van der Waals surface area (Å²) in [7, 11) is 3.12. The number of carbonyl (C=O) groups excluding carboxylic acids is 1. The van der Waals surface area contributed by atoms with Crippen molar-refractivity contribution < 1.29 is 48.5 Å². The van der Waals surface area contributed by atoms with Gasteiger partial charge in [0.2, 0.25) is 0 Å². The number of aromatic carboxylic acids is 1. The number of Topliss-reactive ketones (excluding diaryl/α,β-unsaturated/α-hetero) is 1. The monoisotopic (exact) mass is 568 g/mol. The first kappa shape index (κ1) is 34.5. The molecule has 8 nitrogen and oxygen atoms in total. The van der Waals surface area contributed by atoms with Gasteiger partial charge in [-0.3, -0.25) is 4.79 Å². The Kier molecular flexibility index (Phi) is 15.4. The molecule has 2 N–H and O–H groups in total. The van der Waals surface area contributed by atoms with Crippen LogP contribution in [0.25, 0.3) is 21.1 Å². The fourth-order valence-corrected chi connectivity index (χ4v) is 4.91. The van der Waals surface area contributed by atoms with E-state index < -0.39 is 5.97 Å². The number of carbonyl (C=O) groups is 2. The standard InChI is InChI=1S/C15H13NO2S.C14H11NO3S.Li.H2O/c1-11(17)14-13(9-6-10-18-2)19-15(16-14)12-7-4-3-5-8-12;1-18-9-5-8-11-12(14(16)17)15-13(19-11)10-6-3-2-4-7-10;;/h3-5,7-8H,10H2,1-2H3;2-4,6-7H,9H2,1H3,(H,16,17);;1H2/q;;+1;/p-1. The van der Waals surface area contributed by atoms with Gasteiger partial charge in [0.05, 0.1) is 0 Å². The molecular weight excluding hydrogens is 543 g/mol. The third-order valence-corrected chi connectivity index (χ3v) is 6.71. The van der Waals surface area contributed by atoms with E-state index in [1.807, 2.05) is 60.7 Å². The van der Waals surface area contributed by atoms with Crippen molar-refractivity contribution in [3.8, 4) is 44.8 Å². The first-order valence-electron chi connectivity index (χ1n) is 11.3. The summed E-state index contributed by atoms with van der Waals surface area (Å²) in [4.78, 5) is 32.4. The van der Waals surface area contributed by atoms with Gasteiger partial charge in [-0.1, -0.05) is 84.3 Å². The van der Waals surface area contributed by atoms with Crippen LogP contribution in [-0.2, 0) is 9.47 Å². The van der Waals surface area contributed by atoms with Crippen LogP contribution in [0.4, 0.5) is 0 Å². The minimum absolute atomic E-state index is 0. The largest absolute Gasteiger partial charge is 1.00 e. The molecule has 0 spiro atoms. The van der Waals surface area contributed by atoms with Gasteiger partial charge in [-0.15, -0.1) is 22.7 Å². The predicted octanol–water partition coefficient (Wildman–Crippen LogP) is 2.34. The van der Waals surface area contributed by atoms with Crippen LogP contribution in [0.1, 0.15) is 37.7 Å². The number of ketones is 1. The van der Waals surface area contributed by atoms with Crippen LogP contribution in [-0.4, -0.2) is 59.7 Å². The van der Waals surface area contributed by atoms with Gasteiger partial charge in [-0.2, -0.15) is 0 Å². The van der Waals surface area contributed by atoms with E-state index in [-0.39, 0.29) is 42.4 Å². The van der Waals surface area contributed by atoms with Crippen molar-refractivity contribution in [2.75, 3.05) is 27.4 Å². The number of thiazole rings is 2. The second-order valence-electron chi connectivity index (χ2n) is 7.46. The number of benzene rings is 2. The maximum atomic E-state index is 11.6. The number of hydrogen-bond acceptors (Lipinski definition) is 9. The van der Waals surface area contributed by atoms with E-state index in [0.29, 0.717) is 27.1 Å². The van der Waals surface area contributed by atoms with E-state index in [4.69, 9.17) is 14.6 Å². The van der Waals surface area contributed by atoms with Crippen molar-refractivity contribution in [2.24, 2.45) is 0 Å². The first-order valence-corrected chi connectivity index (χ1v) is 12.9. The maximum Gasteiger partial charge on any atom is 1.00 e. The molecule has 0 radical (unpaired) electrons. The molecule has 4 aromatic rings. The molecule has 2 heterocycles. The van der Waals surface area contributed by atoms with Gasteiger partial charge < -0.3 is 20.1 Å². The Labute approximate surface area is 252 Å². The summed E-state index contributed by atoms with van der Waals surface area (Å²) in [5.74, 6) is 10.2. The van der Waals surface area contributed by atoms with Crippen molar-refractivity contribution >= 4 is 34.4 Å². The zero-order valence-corrected chi connectivity index (χ0v) is 24.1. The smallest absolute Gasteiger partial charge is 0.870 e. The Morgan fingerprint density at radius 2 is 1.18 bits per heavy atom. The summed E-state index contributed by atoms with van der Waals surface area (Å²) < 4.78 is 9.70. The van der Waals surface area contributed by atoms with E-state index in [1.165, 1.54) is 36.7 Å². The molecule has 0 fully saturated rings. The topological polar surface area (TPSA) is 129 Å². The minimum atomic E-state index is -1.07. The second-order valence-corrected chi connectivity index (χ2v) is 9.45. The van der Waals surface area contributed by atoms with Crippen LogP contribution < -0.4 is 18.9 Å². The summed E-state index contributed by atoms with van der Waals surface area (Å²) in [6.45, 7) is 2.11. The molecule has 0 aliphatic rings. The Morgan fingerprint density at radius 3 is 1.55 bits per heavy atom. The van der Waals surface area contributed by atoms with E-state index >= 15 is 0 Å². The van der Waals surface area contributed by atoms with E-state index in [2.05, 4.69) is 33.6 Å². The Bertz CT molecular complexity index is 1400. The number of carboxylic acids is 1. The van der Waals surface area contributed by atoms with Crippen molar-refractivity contribution in [2.45, 2.75) is 6.92 Å². The van der Waals surface area contributed by atoms with Crippen molar-refractivity contribution in [1.29, 1.82) is 0 Å². The Morgan fingerprint density at radius 1 is 0.775 bits per heavy atom. The average molecular weight is 569 g/mol. The van der Waals surface area contributed by atoms with Crippen molar-refractivity contribution in [3.63, 3.8) is 0 Å². The van der Waals surface area contributed by atoms with Gasteiger partial charge >= 0.3 is 24.8 Å². The first-order chi connectivity index (χ1) is 18.4.